The van der Waals surface area contributed by atoms with Crippen LogP contribution in [0.25, 0.3) is 0 Å². The highest BCUT2D eigenvalue weighted by atomic mass is 35.5. The summed E-state index contributed by atoms with van der Waals surface area (Å²) in [5, 5.41) is 1.56. The number of piperazine rings is 1. The van der Waals surface area contributed by atoms with Crippen LogP contribution in [0.15, 0.2) is 78.9 Å². The van der Waals surface area contributed by atoms with E-state index in [0.717, 1.165) is 59.6 Å². The Morgan fingerprint density at radius 2 is 1.37 bits per heavy atom. The van der Waals surface area contributed by atoms with E-state index in [9.17, 15) is 0 Å². The van der Waals surface area contributed by atoms with Crippen LogP contribution in [0.3, 0.4) is 0 Å². The third kappa shape index (κ3) is 5.35. The number of para-hydroxylation sites is 1. The molecule has 0 aromatic heterocycles. The zero-order chi connectivity index (χ0) is 20.8. The van der Waals surface area contributed by atoms with Crippen molar-refractivity contribution in [2.45, 2.75) is 6.10 Å². The molecule has 1 fully saturated rings. The summed E-state index contributed by atoms with van der Waals surface area (Å²) in [5.41, 5.74) is 3.40. The number of rotatable bonds is 7. The zero-order valence-electron chi connectivity index (χ0n) is 16.9. The molecule has 30 heavy (non-hydrogen) atoms. The van der Waals surface area contributed by atoms with Crippen molar-refractivity contribution in [2.24, 2.45) is 0 Å². The second kappa shape index (κ2) is 10.3. The molecule has 5 heteroatoms. The molecule has 4 rings (SSSR count). The van der Waals surface area contributed by atoms with E-state index in [1.54, 1.807) is 0 Å². The lowest BCUT2D eigenvalue weighted by atomic mass is 10.0. The Kier molecular flexibility index (Phi) is 7.29. The predicted molar refractivity (Wildman–Crippen MR) is 126 cm³/mol. The molecule has 0 radical (unpaired) electrons. The molecular formula is C25H26Cl2N2O. The maximum Gasteiger partial charge on any atom is 0.108 e. The Balaban J connectivity index is 1.33. The number of nitrogens with zero attached hydrogens (tertiary/aromatic N) is 2. The second-order valence-corrected chi connectivity index (χ2v) is 8.34. The van der Waals surface area contributed by atoms with E-state index in [-0.39, 0.29) is 6.10 Å². The van der Waals surface area contributed by atoms with Crippen LogP contribution >= 0.6 is 23.2 Å². The normalized spacial score (nSPS) is 15.9. The molecule has 1 heterocycles. The minimum atomic E-state index is -0.0899. The van der Waals surface area contributed by atoms with Crippen LogP contribution in [0, 0.1) is 0 Å². The summed E-state index contributed by atoms with van der Waals surface area (Å²) < 4.78 is 6.37. The van der Waals surface area contributed by atoms with Crippen LogP contribution in [0.1, 0.15) is 17.2 Å². The molecule has 0 N–H and O–H groups in total. The van der Waals surface area contributed by atoms with Crippen molar-refractivity contribution in [1.82, 2.24) is 4.90 Å². The second-order valence-electron chi connectivity index (χ2n) is 7.49. The van der Waals surface area contributed by atoms with E-state index in [1.165, 1.54) is 0 Å². The summed E-state index contributed by atoms with van der Waals surface area (Å²) >= 11 is 12.4. The number of hydrogen-bond donors (Lipinski definition) is 0. The molecule has 0 spiro atoms. The van der Waals surface area contributed by atoms with E-state index >= 15 is 0 Å². The third-order valence-corrected chi connectivity index (χ3v) is 6.10. The van der Waals surface area contributed by atoms with Crippen LogP contribution < -0.4 is 4.90 Å². The average Bonchev–Trinajstić information content (AvgIpc) is 2.79. The largest absolute Gasteiger partial charge is 0.368 e. The molecule has 3 aromatic rings. The molecule has 1 unspecified atom stereocenters. The van der Waals surface area contributed by atoms with E-state index in [4.69, 9.17) is 27.9 Å². The molecule has 0 amide bonds. The van der Waals surface area contributed by atoms with Crippen molar-refractivity contribution in [3.8, 4) is 0 Å². The summed E-state index contributed by atoms with van der Waals surface area (Å²) in [5.74, 6) is 0. The van der Waals surface area contributed by atoms with Crippen molar-refractivity contribution in [3.63, 3.8) is 0 Å². The van der Waals surface area contributed by atoms with Gasteiger partial charge in [0.25, 0.3) is 0 Å². The van der Waals surface area contributed by atoms with E-state index in [1.807, 2.05) is 48.5 Å². The van der Waals surface area contributed by atoms with Crippen LogP contribution in [0.5, 0.6) is 0 Å². The highest BCUT2D eigenvalue weighted by molar-refractivity contribution is 6.33. The Morgan fingerprint density at radius 3 is 2.07 bits per heavy atom. The molecule has 156 valence electrons. The number of anilines is 1. The van der Waals surface area contributed by atoms with Crippen LogP contribution in [-0.2, 0) is 4.74 Å². The van der Waals surface area contributed by atoms with Gasteiger partial charge in [0.15, 0.2) is 0 Å². The smallest absolute Gasteiger partial charge is 0.108 e. The zero-order valence-corrected chi connectivity index (χ0v) is 18.4. The quantitative estimate of drug-likeness (QED) is 0.453. The van der Waals surface area contributed by atoms with E-state index in [0.29, 0.717) is 6.61 Å². The topological polar surface area (TPSA) is 15.7 Å². The first kappa shape index (κ1) is 21.2. The summed E-state index contributed by atoms with van der Waals surface area (Å²) in [6.45, 7) is 5.55. The van der Waals surface area contributed by atoms with E-state index in [2.05, 4.69) is 40.1 Å². The van der Waals surface area contributed by atoms with Gasteiger partial charge < -0.3 is 9.64 Å². The Labute approximate surface area is 188 Å². The molecular weight excluding hydrogens is 415 g/mol. The van der Waals surface area contributed by atoms with Crippen molar-refractivity contribution in [3.05, 3.63) is 100 Å². The van der Waals surface area contributed by atoms with Crippen molar-refractivity contribution < 1.29 is 4.74 Å². The molecule has 3 nitrogen and oxygen atoms in total. The minimum absolute atomic E-state index is 0.0899. The minimum Gasteiger partial charge on any atom is -0.368 e. The Hall–Kier alpha value is -2.04. The number of benzene rings is 3. The molecule has 1 aliphatic heterocycles. The fraction of sp³-hybridized carbons (Fsp3) is 0.280. The standard InChI is InChI=1S/C25H26Cl2N2O/c26-22-12-10-21(11-13-22)25(20-6-2-1-3-7-20)30-19-18-28-14-16-29(17-15-28)24-9-5-4-8-23(24)27/h1-13,25H,14-19H2. The fourth-order valence-electron chi connectivity index (χ4n) is 3.87. The van der Waals surface area contributed by atoms with Gasteiger partial charge in [0.05, 0.1) is 17.3 Å². The SMILES string of the molecule is Clc1ccc(C(OCCN2CCN(c3ccccc3Cl)CC2)c2ccccc2)cc1. The number of hydrogen-bond acceptors (Lipinski definition) is 3. The van der Waals surface area contributed by atoms with Gasteiger partial charge >= 0.3 is 0 Å². The van der Waals surface area contributed by atoms with Gasteiger partial charge in [-0.1, -0.05) is 77.8 Å². The van der Waals surface area contributed by atoms with Crippen molar-refractivity contribution in [1.29, 1.82) is 0 Å². The highest BCUT2D eigenvalue weighted by Gasteiger charge is 2.20. The van der Waals surface area contributed by atoms with Gasteiger partial charge in [0, 0.05) is 37.7 Å². The fourth-order valence-corrected chi connectivity index (χ4v) is 4.25. The van der Waals surface area contributed by atoms with Gasteiger partial charge in [0.1, 0.15) is 6.10 Å². The lowest BCUT2D eigenvalue weighted by Gasteiger charge is -2.36. The molecule has 1 atom stereocenters. The lowest BCUT2D eigenvalue weighted by Crippen LogP contribution is -2.47. The van der Waals surface area contributed by atoms with Crippen molar-refractivity contribution in [2.75, 3.05) is 44.2 Å². The van der Waals surface area contributed by atoms with E-state index < -0.39 is 0 Å². The van der Waals surface area contributed by atoms with Gasteiger partial charge in [-0.2, -0.15) is 0 Å². The van der Waals surface area contributed by atoms with Gasteiger partial charge in [0.2, 0.25) is 0 Å². The highest BCUT2D eigenvalue weighted by Crippen LogP contribution is 2.28. The van der Waals surface area contributed by atoms with Gasteiger partial charge in [-0.05, 0) is 35.4 Å². The first-order valence-electron chi connectivity index (χ1n) is 10.3. The molecule has 1 saturated heterocycles. The van der Waals surface area contributed by atoms with Gasteiger partial charge in [-0.15, -0.1) is 0 Å². The van der Waals surface area contributed by atoms with Crippen LogP contribution in [0.2, 0.25) is 10.0 Å². The maximum absolute atomic E-state index is 6.37. The summed E-state index contributed by atoms with van der Waals surface area (Å²) in [7, 11) is 0. The molecule has 1 aliphatic rings. The third-order valence-electron chi connectivity index (χ3n) is 5.53. The number of halogens is 2. The van der Waals surface area contributed by atoms with Crippen LogP contribution in [-0.4, -0.2) is 44.2 Å². The Morgan fingerprint density at radius 1 is 0.733 bits per heavy atom. The molecule has 3 aromatic carbocycles. The summed E-state index contributed by atoms with van der Waals surface area (Å²) in [6, 6.07) is 26.4. The Bertz CT molecular complexity index is 925. The lowest BCUT2D eigenvalue weighted by molar-refractivity contribution is 0.0586. The van der Waals surface area contributed by atoms with Crippen molar-refractivity contribution >= 4 is 28.9 Å². The molecule has 0 saturated carbocycles. The van der Waals surface area contributed by atoms with Gasteiger partial charge in [-0.25, -0.2) is 0 Å². The first-order valence-corrected chi connectivity index (χ1v) is 11.1. The van der Waals surface area contributed by atoms with Gasteiger partial charge in [-0.3, -0.25) is 4.90 Å². The maximum atomic E-state index is 6.37. The monoisotopic (exact) mass is 440 g/mol. The predicted octanol–water partition coefficient (Wildman–Crippen LogP) is 5.92. The molecule has 0 bridgehead atoms. The van der Waals surface area contributed by atoms with Crippen LogP contribution in [0.4, 0.5) is 5.69 Å². The summed E-state index contributed by atoms with van der Waals surface area (Å²) in [4.78, 5) is 4.82. The number of ether oxygens (including phenoxy) is 1. The summed E-state index contributed by atoms with van der Waals surface area (Å²) in [6.07, 6.45) is -0.0899. The molecule has 0 aliphatic carbocycles. The average molecular weight is 441 g/mol. The first-order chi connectivity index (χ1) is 14.7.